The maximum Gasteiger partial charge on any atom is 0.253 e. The lowest BCUT2D eigenvalue weighted by Crippen LogP contribution is -2.35. The van der Waals surface area contributed by atoms with Crippen LogP contribution in [-0.4, -0.2) is 36.3 Å². The smallest absolute Gasteiger partial charge is 0.253 e. The van der Waals surface area contributed by atoms with Gasteiger partial charge >= 0.3 is 0 Å². The fraction of sp³-hybridized carbons (Fsp3) is 0.364. The van der Waals surface area contributed by atoms with Gasteiger partial charge in [0.1, 0.15) is 0 Å². The quantitative estimate of drug-likeness (QED) is 0.842. The van der Waals surface area contributed by atoms with Gasteiger partial charge in [0, 0.05) is 30.0 Å². The largest absolute Gasteiger partial charge is 0.376 e. The van der Waals surface area contributed by atoms with E-state index in [-0.39, 0.29) is 18.4 Å². The molecule has 3 rings (SSSR count). The predicted molar refractivity (Wildman–Crippen MR) is 109 cm³/mol. The second-order valence-electron chi connectivity index (χ2n) is 7.21. The van der Waals surface area contributed by atoms with Gasteiger partial charge in [-0.05, 0) is 80.6 Å². The van der Waals surface area contributed by atoms with Gasteiger partial charge in [0.2, 0.25) is 5.91 Å². The average molecular weight is 365 g/mol. The van der Waals surface area contributed by atoms with E-state index in [4.69, 9.17) is 0 Å². The van der Waals surface area contributed by atoms with Crippen LogP contribution in [0.15, 0.2) is 42.5 Å². The summed E-state index contributed by atoms with van der Waals surface area (Å²) >= 11 is 0. The molecule has 27 heavy (non-hydrogen) atoms. The molecule has 0 bridgehead atoms. The molecule has 1 fully saturated rings. The number of nitrogens with one attached hydrogen (secondary N) is 2. The van der Waals surface area contributed by atoms with E-state index in [2.05, 4.69) is 16.7 Å². The number of amides is 2. The summed E-state index contributed by atoms with van der Waals surface area (Å²) in [5, 5.41) is 6.01. The van der Waals surface area contributed by atoms with Crippen molar-refractivity contribution < 1.29 is 9.59 Å². The summed E-state index contributed by atoms with van der Waals surface area (Å²) < 4.78 is 0. The fourth-order valence-electron chi connectivity index (χ4n) is 3.44. The first kappa shape index (κ1) is 19.0. The van der Waals surface area contributed by atoms with Crippen LogP contribution in [0, 0.1) is 13.8 Å². The Balaban J connectivity index is 1.52. The molecule has 5 nitrogen and oxygen atoms in total. The number of hydrogen-bond acceptors (Lipinski definition) is 3. The van der Waals surface area contributed by atoms with Crippen LogP contribution in [0.4, 0.5) is 11.4 Å². The lowest BCUT2D eigenvalue weighted by molar-refractivity contribution is -0.114. The van der Waals surface area contributed by atoms with E-state index >= 15 is 0 Å². The third-order valence-corrected chi connectivity index (χ3v) is 4.73. The molecule has 1 aliphatic heterocycles. The standard InChI is InChI=1S/C22H27N3O2/c1-16-12-17(2)14-20(13-16)23-15-21(26)24-19-8-6-18(7-9-19)22(27)25-10-4-3-5-11-25/h6-9,12-14,23H,3-5,10-11,15H2,1-2H3,(H,24,26). The molecule has 2 amide bonds. The van der Waals surface area contributed by atoms with Crippen molar-refractivity contribution in [2.75, 3.05) is 30.3 Å². The number of hydrogen-bond donors (Lipinski definition) is 2. The van der Waals surface area contributed by atoms with E-state index in [1.54, 1.807) is 24.3 Å². The first-order valence-electron chi connectivity index (χ1n) is 9.52. The van der Waals surface area contributed by atoms with E-state index in [9.17, 15) is 9.59 Å². The van der Waals surface area contributed by atoms with Gasteiger partial charge in [0.05, 0.1) is 6.54 Å². The Hall–Kier alpha value is -2.82. The molecule has 5 heteroatoms. The number of rotatable bonds is 5. The summed E-state index contributed by atoms with van der Waals surface area (Å²) in [5.41, 5.74) is 4.62. The fourth-order valence-corrected chi connectivity index (χ4v) is 3.44. The highest BCUT2D eigenvalue weighted by Gasteiger charge is 2.17. The van der Waals surface area contributed by atoms with E-state index in [1.807, 2.05) is 30.9 Å². The number of likely N-dealkylation sites (tertiary alicyclic amines) is 1. The maximum atomic E-state index is 12.5. The van der Waals surface area contributed by atoms with Crippen LogP contribution in [0.3, 0.4) is 0 Å². The van der Waals surface area contributed by atoms with Crippen molar-refractivity contribution in [2.24, 2.45) is 0 Å². The maximum absolute atomic E-state index is 12.5. The molecule has 142 valence electrons. The van der Waals surface area contributed by atoms with Crippen LogP contribution in [0.2, 0.25) is 0 Å². The monoisotopic (exact) mass is 365 g/mol. The van der Waals surface area contributed by atoms with E-state index < -0.39 is 0 Å². The summed E-state index contributed by atoms with van der Waals surface area (Å²) in [6, 6.07) is 13.3. The highest BCUT2D eigenvalue weighted by Crippen LogP contribution is 2.16. The molecule has 1 aliphatic rings. The molecule has 0 radical (unpaired) electrons. The molecule has 0 atom stereocenters. The van der Waals surface area contributed by atoms with Gasteiger partial charge in [-0.15, -0.1) is 0 Å². The molecule has 0 unspecified atom stereocenters. The molecule has 0 aliphatic carbocycles. The number of benzene rings is 2. The SMILES string of the molecule is Cc1cc(C)cc(NCC(=O)Nc2ccc(C(=O)N3CCCCC3)cc2)c1. The van der Waals surface area contributed by atoms with E-state index in [0.29, 0.717) is 11.3 Å². The van der Waals surface area contributed by atoms with Gasteiger partial charge in [-0.3, -0.25) is 9.59 Å². The molecule has 0 saturated carbocycles. The zero-order chi connectivity index (χ0) is 19.2. The molecular formula is C22H27N3O2. The van der Waals surface area contributed by atoms with Gasteiger partial charge in [0.25, 0.3) is 5.91 Å². The Kier molecular flexibility index (Phi) is 6.12. The van der Waals surface area contributed by atoms with Crippen molar-refractivity contribution in [3.05, 3.63) is 59.2 Å². The normalized spacial score (nSPS) is 13.9. The minimum Gasteiger partial charge on any atom is -0.376 e. The van der Waals surface area contributed by atoms with Crippen molar-refractivity contribution in [1.82, 2.24) is 4.90 Å². The number of carbonyl (C=O) groups excluding carboxylic acids is 2. The van der Waals surface area contributed by atoms with Crippen molar-refractivity contribution in [1.29, 1.82) is 0 Å². The van der Waals surface area contributed by atoms with Crippen molar-refractivity contribution >= 4 is 23.2 Å². The number of anilines is 2. The lowest BCUT2D eigenvalue weighted by atomic mass is 10.1. The molecule has 2 aromatic carbocycles. The molecule has 2 aromatic rings. The van der Waals surface area contributed by atoms with Gasteiger partial charge in [-0.1, -0.05) is 6.07 Å². The number of carbonyl (C=O) groups is 2. The van der Waals surface area contributed by atoms with E-state index in [1.165, 1.54) is 6.42 Å². The third-order valence-electron chi connectivity index (χ3n) is 4.73. The van der Waals surface area contributed by atoms with Crippen LogP contribution in [0.5, 0.6) is 0 Å². The minimum absolute atomic E-state index is 0.0732. The summed E-state index contributed by atoms with van der Waals surface area (Å²) in [6.07, 6.45) is 3.35. The first-order valence-corrected chi connectivity index (χ1v) is 9.52. The highest BCUT2D eigenvalue weighted by atomic mass is 16.2. The van der Waals surface area contributed by atoms with Crippen LogP contribution >= 0.6 is 0 Å². The number of aryl methyl sites for hydroxylation is 2. The van der Waals surface area contributed by atoms with Crippen LogP contribution in [0.25, 0.3) is 0 Å². The van der Waals surface area contributed by atoms with Gasteiger partial charge in [-0.25, -0.2) is 0 Å². The number of nitrogens with zero attached hydrogens (tertiary/aromatic N) is 1. The zero-order valence-corrected chi connectivity index (χ0v) is 16.0. The van der Waals surface area contributed by atoms with E-state index in [0.717, 1.165) is 42.7 Å². The summed E-state index contributed by atoms with van der Waals surface area (Å²) in [5.74, 6) is -0.0478. The molecule has 2 N–H and O–H groups in total. The summed E-state index contributed by atoms with van der Waals surface area (Å²) in [7, 11) is 0. The average Bonchev–Trinajstić information content (AvgIpc) is 2.66. The Bertz CT molecular complexity index is 789. The van der Waals surface area contributed by atoms with Gasteiger partial charge < -0.3 is 15.5 Å². The van der Waals surface area contributed by atoms with Crippen LogP contribution in [0.1, 0.15) is 40.7 Å². The topological polar surface area (TPSA) is 61.4 Å². The number of piperidine rings is 1. The predicted octanol–water partition coefficient (Wildman–Crippen LogP) is 3.98. The van der Waals surface area contributed by atoms with Crippen LogP contribution < -0.4 is 10.6 Å². The second-order valence-corrected chi connectivity index (χ2v) is 7.21. The lowest BCUT2D eigenvalue weighted by Gasteiger charge is -2.26. The zero-order valence-electron chi connectivity index (χ0n) is 16.0. The molecule has 0 spiro atoms. The van der Waals surface area contributed by atoms with Gasteiger partial charge in [-0.2, -0.15) is 0 Å². The third kappa shape index (κ3) is 5.33. The Morgan fingerprint density at radius 2 is 1.52 bits per heavy atom. The molecule has 0 aromatic heterocycles. The molecule has 1 saturated heterocycles. The first-order chi connectivity index (χ1) is 13.0. The Labute approximate surface area is 160 Å². The second kappa shape index (κ2) is 8.71. The molecule has 1 heterocycles. The van der Waals surface area contributed by atoms with Crippen molar-refractivity contribution in [3.63, 3.8) is 0 Å². The highest BCUT2D eigenvalue weighted by molar-refractivity contribution is 5.96. The van der Waals surface area contributed by atoms with Crippen molar-refractivity contribution in [3.8, 4) is 0 Å². The summed E-state index contributed by atoms with van der Waals surface area (Å²) in [4.78, 5) is 26.6. The van der Waals surface area contributed by atoms with Crippen LogP contribution in [-0.2, 0) is 4.79 Å². The Morgan fingerprint density at radius 3 is 2.15 bits per heavy atom. The Morgan fingerprint density at radius 1 is 0.889 bits per heavy atom. The van der Waals surface area contributed by atoms with Crippen molar-refractivity contribution in [2.45, 2.75) is 33.1 Å². The summed E-state index contributed by atoms with van der Waals surface area (Å²) in [6.45, 7) is 5.93. The molecular weight excluding hydrogens is 338 g/mol. The van der Waals surface area contributed by atoms with Gasteiger partial charge in [0.15, 0.2) is 0 Å². The minimum atomic E-state index is -0.121.